The molecule has 2 atom stereocenters. The Morgan fingerprint density at radius 2 is 1.56 bits per heavy atom. The summed E-state index contributed by atoms with van der Waals surface area (Å²) in [7, 11) is 0. The molecule has 32 heavy (non-hydrogen) atoms. The van der Waals surface area contributed by atoms with Crippen LogP contribution in [0.25, 0.3) is 0 Å². The molecule has 2 unspecified atom stereocenters. The van der Waals surface area contributed by atoms with E-state index in [0.717, 1.165) is 10.5 Å². The van der Waals surface area contributed by atoms with E-state index in [2.05, 4.69) is 5.32 Å². The summed E-state index contributed by atoms with van der Waals surface area (Å²) in [6.45, 7) is 2.51. The summed E-state index contributed by atoms with van der Waals surface area (Å²) >= 11 is 1.39. The van der Waals surface area contributed by atoms with Gasteiger partial charge >= 0.3 is 5.97 Å². The molecule has 0 aromatic heterocycles. The zero-order valence-corrected chi connectivity index (χ0v) is 18.3. The lowest BCUT2D eigenvalue weighted by molar-refractivity contribution is -0.152. The Labute approximate surface area is 190 Å². The molecule has 0 spiro atoms. The molecule has 6 nitrogen and oxygen atoms in total. The van der Waals surface area contributed by atoms with Gasteiger partial charge in [-0.2, -0.15) is 0 Å². The van der Waals surface area contributed by atoms with E-state index in [-0.39, 0.29) is 0 Å². The summed E-state index contributed by atoms with van der Waals surface area (Å²) < 4.78 is 16.6. The fourth-order valence-corrected chi connectivity index (χ4v) is 4.20. The summed E-state index contributed by atoms with van der Waals surface area (Å²) in [5, 5.41) is 2.17. The smallest absolute Gasteiger partial charge is 0.324 e. The molecule has 3 aromatic rings. The fraction of sp³-hybridized carbons (Fsp3) is 0.200. The van der Waals surface area contributed by atoms with Crippen LogP contribution in [0.2, 0.25) is 0 Å². The molecular formula is C25H23NO5S. The number of rotatable bonds is 7. The van der Waals surface area contributed by atoms with Crippen molar-refractivity contribution in [1.82, 2.24) is 0 Å². The first-order valence-corrected chi connectivity index (χ1v) is 11.2. The summed E-state index contributed by atoms with van der Waals surface area (Å²) in [5.41, 5.74) is 1.35. The van der Waals surface area contributed by atoms with Crippen molar-refractivity contribution in [2.45, 2.75) is 23.2 Å². The average Bonchev–Trinajstić information content (AvgIpc) is 2.83. The van der Waals surface area contributed by atoms with Crippen LogP contribution in [0.3, 0.4) is 0 Å². The molecule has 0 saturated carbocycles. The molecule has 1 heterocycles. The van der Waals surface area contributed by atoms with Gasteiger partial charge in [0.1, 0.15) is 18.5 Å². The van der Waals surface area contributed by atoms with Crippen molar-refractivity contribution in [3.05, 3.63) is 84.4 Å². The van der Waals surface area contributed by atoms with Gasteiger partial charge in [-0.05, 0) is 36.8 Å². The normalized spacial score (nSPS) is 14.2. The van der Waals surface area contributed by atoms with Gasteiger partial charge in [0, 0.05) is 16.6 Å². The minimum Gasteiger partial charge on any atom is -0.486 e. The first kappa shape index (κ1) is 21.8. The van der Waals surface area contributed by atoms with E-state index < -0.39 is 23.2 Å². The van der Waals surface area contributed by atoms with Crippen molar-refractivity contribution in [1.29, 1.82) is 0 Å². The second kappa shape index (κ2) is 10.2. The van der Waals surface area contributed by atoms with Gasteiger partial charge in [-0.3, -0.25) is 9.59 Å². The van der Waals surface area contributed by atoms with Crippen LogP contribution in [-0.2, 0) is 14.3 Å². The van der Waals surface area contributed by atoms with Crippen LogP contribution >= 0.6 is 11.8 Å². The number of amides is 1. The first-order chi connectivity index (χ1) is 15.6. The molecule has 1 aliphatic heterocycles. The van der Waals surface area contributed by atoms with Gasteiger partial charge in [-0.1, -0.05) is 48.5 Å². The van der Waals surface area contributed by atoms with Crippen molar-refractivity contribution in [2.75, 3.05) is 18.5 Å². The molecule has 0 fully saturated rings. The second-order valence-electron chi connectivity index (χ2n) is 7.15. The summed E-state index contributed by atoms with van der Waals surface area (Å²) in [5.74, 6) is 0.306. The lowest BCUT2D eigenvalue weighted by atomic mass is 10.1. The Hall–Kier alpha value is -3.45. The summed E-state index contributed by atoms with van der Waals surface area (Å²) in [4.78, 5) is 26.7. The number of carbonyl (C=O) groups excluding carboxylic acids is 2. The maximum Gasteiger partial charge on any atom is 0.324 e. The minimum absolute atomic E-state index is 0.424. The maximum absolute atomic E-state index is 13.0. The molecule has 1 aliphatic rings. The highest BCUT2D eigenvalue weighted by molar-refractivity contribution is 8.00. The van der Waals surface area contributed by atoms with Gasteiger partial charge < -0.3 is 19.5 Å². The van der Waals surface area contributed by atoms with Crippen LogP contribution in [0, 0.1) is 0 Å². The number of esters is 1. The Morgan fingerprint density at radius 3 is 2.28 bits per heavy atom. The number of benzene rings is 3. The number of fused-ring (bicyclic) bond motifs is 1. The van der Waals surface area contributed by atoms with Crippen LogP contribution in [0.1, 0.15) is 17.7 Å². The molecule has 1 N–H and O–H groups in total. The molecule has 0 aliphatic carbocycles. The van der Waals surface area contributed by atoms with Crippen LogP contribution in [0.5, 0.6) is 11.5 Å². The zero-order chi connectivity index (χ0) is 22.3. The van der Waals surface area contributed by atoms with E-state index in [0.29, 0.717) is 30.4 Å². The third-order valence-electron chi connectivity index (χ3n) is 4.79. The van der Waals surface area contributed by atoms with E-state index in [1.54, 1.807) is 25.1 Å². The lowest BCUT2D eigenvalue weighted by Crippen LogP contribution is -2.31. The van der Waals surface area contributed by atoms with Gasteiger partial charge in [-0.25, -0.2) is 0 Å². The number of hydrogen-bond donors (Lipinski definition) is 1. The van der Waals surface area contributed by atoms with E-state index in [1.807, 2.05) is 60.7 Å². The number of ether oxygens (including phenoxy) is 3. The molecule has 0 saturated heterocycles. The average molecular weight is 450 g/mol. The maximum atomic E-state index is 13.0. The van der Waals surface area contributed by atoms with Crippen LogP contribution in [0.4, 0.5) is 5.69 Å². The molecule has 0 radical (unpaired) electrons. The second-order valence-corrected chi connectivity index (χ2v) is 8.33. The van der Waals surface area contributed by atoms with Crippen molar-refractivity contribution in [2.24, 2.45) is 0 Å². The molecule has 1 amide bonds. The monoisotopic (exact) mass is 449 g/mol. The van der Waals surface area contributed by atoms with Gasteiger partial charge in [-0.15, -0.1) is 11.8 Å². The standard InChI is InChI=1S/C25H23NO5S/c1-17(24(27)26-19-12-13-21-22(16-19)30-15-14-29-21)31-25(28)23(18-8-4-2-5-9-18)32-20-10-6-3-7-11-20/h2-13,16-17,23H,14-15H2,1H3,(H,26,27). The van der Waals surface area contributed by atoms with Crippen molar-refractivity contribution in [3.63, 3.8) is 0 Å². The largest absolute Gasteiger partial charge is 0.486 e. The highest BCUT2D eigenvalue weighted by Crippen LogP contribution is 2.36. The molecule has 7 heteroatoms. The van der Waals surface area contributed by atoms with Gasteiger partial charge in [0.05, 0.1) is 0 Å². The van der Waals surface area contributed by atoms with E-state index in [1.165, 1.54) is 11.8 Å². The summed E-state index contributed by atoms with van der Waals surface area (Å²) in [6, 6.07) is 24.2. The highest BCUT2D eigenvalue weighted by atomic mass is 32.2. The SMILES string of the molecule is CC(OC(=O)C(Sc1ccccc1)c1ccccc1)C(=O)Nc1ccc2c(c1)OCCO2. The predicted octanol–water partition coefficient (Wildman–Crippen LogP) is 4.86. The predicted molar refractivity (Wildman–Crippen MR) is 123 cm³/mol. The Bertz CT molecular complexity index is 1070. The van der Waals surface area contributed by atoms with Crippen LogP contribution in [-0.4, -0.2) is 31.2 Å². The Balaban J connectivity index is 1.43. The Morgan fingerprint density at radius 1 is 0.906 bits per heavy atom. The fourth-order valence-electron chi connectivity index (χ4n) is 3.17. The zero-order valence-electron chi connectivity index (χ0n) is 17.5. The molecule has 3 aromatic carbocycles. The minimum atomic E-state index is -0.974. The number of thioether (sulfide) groups is 1. The lowest BCUT2D eigenvalue weighted by Gasteiger charge is -2.21. The van der Waals surface area contributed by atoms with E-state index >= 15 is 0 Å². The highest BCUT2D eigenvalue weighted by Gasteiger charge is 2.27. The van der Waals surface area contributed by atoms with E-state index in [9.17, 15) is 9.59 Å². The number of anilines is 1. The summed E-state index contributed by atoms with van der Waals surface area (Å²) in [6.07, 6.45) is -0.974. The third-order valence-corrected chi connectivity index (χ3v) is 6.03. The van der Waals surface area contributed by atoms with Gasteiger partial charge in [0.2, 0.25) is 0 Å². The molecular weight excluding hydrogens is 426 g/mol. The molecule has 0 bridgehead atoms. The topological polar surface area (TPSA) is 73.9 Å². The first-order valence-electron chi connectivity index (χ1n) is 10.3. The number of carbonyl (C=O) groups is 2. The van der Waals surface area contributed by atoms with Crippen molar-refractivity contribution >= 4 is 29.3 Å². The Kier molecular flexibility index (Phi) is 6.97. The number of hydrogen-bond acceptors (Lipinski definition) is 6. The van der Waals surface area contributed by atoms with Crippen molar-refractivity contribution < 1.29 is 23.8 Å². The van der Waals surface area contributed by atoms with Crippen LogP contribution < -0.4 is 14.8 Å². The van der Waals surface area contributed by atoms with Gasteiger partial charge in [0.25, 0.3) is 5.91 Å². The number of nitrogens with one attached hydrogen (secondary N) is 1. The quantitative estimate of drug-likeness (QED) is 0.410. The van der Waals surface area contributed by atoms with Crippen molar-refractivity contribution in [3.8, 4) is 11.5 Å². The molecule has 4 rings (SSSR count). The third kappa shape index (κ3) is 5.42. The molecule has 164 valence electrons. The van der Waals surface area contributed by atoms with Gasteiger partial charge in [0.15, 0.2) is 17.6 Å². The van der Waals surface area contributed by atoms with E-state index in [4.69, 9.17) is 14.2 Å². The van der Waals surface area contributed by atoms with Crippen LogP contribution in [0.15, 0.2) is 83.8 Å².